The highest BCUT2D eigenvalue weighted by Gasteiger charge is 2.21. The summed E-state index contributed by atoms with van der Waals surface area (Å²) in [5.41, 5.74) is 1.10. The van der Waals surface area contributed by atoms with Gasteiger partial charge in [-0.15, -0.1) is 0 Å². The molecule has 1 saturated heterocycles. The molecule has 1 fully saturated rings. The molecule has 2 rings (SSSR count). The summed E-state index contributed by atoms with van der Waals surface area (Å²) in [7, 11) is 2.67. The Kier molecular flexibility index (Phi) is 6.01. The molecule has 3 unspecified atom stereocenters. The van der Waals surface area contributed by atoms with Crippen LogP contribution >= 0.6 is 0 Å². The molecule has 1 N–H and O–H groups in total. The molecule has 1 aliphatic heterocycles. The molecular formula is C15H23NO3S. The van der Waals surface area contributed by atoms with Crippen molar-refractivity contribution in [2.45, 2.75) is 25.0 Å². The zero-order valence-electron chi connectivity index (χ0n) is 12.1. The van der Waals surface area contributed by atoms with E-state index in [0.717, 1.165) is 30.8 Å². The monoisotopic (exact) mass is 297 g/mol. The van der Waals surface area contributed by atoms with Gasteiger partial charge in [0.1, 0.15) is 5.75 Å². The van der Waals surface area contributed by atoms with Crippen molar-refractivity contribution in [2.75, 3.05) is 32.3 Å². The standard InChI is InChI=1S/C15H23NO3S/c1-16-15(12-5-3-6-13(9-12)18-2)11-20(17)10-14-7-4-8-19-14/h3,5-6,9,14-16H,4,7-8,10-11H2,1-2H3. The summed E-state index contributed by atoms with van der Waals surface area (Å²) < 4.78 is 23.0. The Morgan fingerprint density at radius 1 is 1.55 bits per heavy atom. The van der Waals surface area contributed by atoms with Crippen LogP contribution in [0, 0.1) is 0 Å². The third-order valence-electron chi connectivity index (χ3n) is 3.59. The van der Waals surface area contributed by atoms with Gasteiger partial charge in [0.05, 0.1) is 13.2 Å². The minimum Gasteiger partial charge on any atom is -0.497 e. The Morgan fingerprint density at radius 3 is 3.05 bits per heavy atom. The smallest absolute Gasteiger partial charge is 0.119 e. The summed E-state index contributed by atoms with van der Waals surface area (Å²) in [5.74, 6) is 2.07. The van der Waals surface area contributed by atoms with Crippen LogP contribution in [-0.2, 0) is 15.5 Å². The molecule has 1 heterocycles. The molecule has 0 bridgehead atoms. The summed E-state index contributed by atoms with van der Waals surface area (Å²) in [6.07, 6.45) is 2.31. The fourth-order valence-corrected chi connectivity index (χ4v) is 3.99. The largest absolute Gasteiger partial charge is 0.497 e. The van der Waals surface area contributed by atoms with E-state index in [9.17, 15) is 4.21 Å². The van der Waals surface area contributed by atoms with E-state index >= 15 is 0 Å². The Balaban J connectivity index is 1.94. The highest BCUT2D eigenvalue weighted by Crippen LogP contribution is 2.21. The van der Waals surface area contributed by atoms with Crippen molar-refractivity contribution in [3.63, 3.8) is 0 Å². The van der Waals surface area contributed by atoms with Crippen molar-refractivity contribution in [2.24, 2.45) is 0 Å². The minimum atomic E-state index is -0.877. The van der Waals surface area contributed by atoms with E-state index in [1.165, 1.54) is 0 Å². The van der Waals surface area contributed by atoms with Crippen LogP contribution in [0.3, 0.4) is 0 Å². The van der Waals surface area contributed by atoms with Gasteiger partial charge in [0.25, 0.3) is 0 Å². The Hall–Kier alpha value is -0.910. The lowest BCUT2D eigenvalue weighted by atomic mass is 10.1. The Morgan fingerprint density at radius 2 is 2.40 bits per heavy atom. The predicted octanol–water partition coefficient (Wildman–Crippen LogP) is 1.88. The number of rotatable bonds is 7. The molecule has 20 heavy (non-hydrogen) atoms. The summed E-state index contributed by atoms with van der Waals surface area (Å²) in [6, 6.07) is 7.98. The second-order valence-corrected chi connectivity index (χ2v) is 6.57. The number of hydrogen-bond donors (Lipinski definition) is 1. The van der Waals surface area contributed by atoms with Crippen molar-refractivity contribution >= 4 is 10.8 Å². The van der Waals surface area contributed by atoms with Gasteiger partial charge in [0.15, 0.2) is 0 Å². The second kappa shape index (κ2) is 7.76. The van der Waals surface area contributed by atoms with E-state index in [2.05, 4.69) is 5.32 Å². The first-order valence-corrected chi connectivity index (χ1v) is 8.49. The van der Waals surface area contributed by atoms with E-state index in [1.54, 1.807) is 7.11 Å². The number of methoxy groups -OCH3 is 1. The van der Waals surface area contributed by atoms with Gasteiger partial charge in [-0.2, -0.15) is 0 Å². The zero-order valence-corrected chi connectivity index (χ0v) is 12.9. The van der Waals surface area contributed by atoms with Gasteiger partial charge in [-0.25, -0.2) is 0 Å². The molecular weight excluding hydrogens is 274 g/mol. The molecule has 1 aromatic rings. The predicted molar refractivity (Wildman–Crippen MR) is 81.6 cm³/mol. The van der Waals surface area contributed by atoms with E-state index in [-0.39, 0.29) is 12.1 Å². The topological polar surface area (TPSA) is 47.6 Å². The maximum Gasteiger partial charge on any atom is 0.119 e. The molecule has 5 heteroatoms. The van der Waals surface area contributed by atoms with E-state index in [4.69, 9.17) is 9.47 Å². The summed E-state index contributed by atoms with van der Waals surface area (Å²) in [5, 5.41) is 3.24. The highest BCUT2D eigenvalue weighted by atomic mass is 32.2. The van der Waals surface area contributed by atoms with Crippen LogP contribution < -0.4 is 10.1 Å². The third kappa shape index (κ3) is 4.30. The molecule has 0 saturated carbocycles. The van der Waals surface area contributed by atoms with Gasteiger partial charge in [-0.05, 0) is 37.6 Å². The van der Waals surface area contributed by atoms with Gasteiger partial charge in [-0.3, -0.25) is 4.21 Å². The lowest BCUT2D eigenvalue weighted by Crippen LogP contribution is -2.26. The molecule has 0 amide bonds. The summed E-state index contributed by atoms with van der Waals surface area (Å²) in [6.45, 7) is 0.813. The first-order chi connectivity index (χ1) is 9.72. The van der Waals surface area contributed by atoms with Crippen LogP contribution in [0.5, 0.6) is 5.75 Å². The molecule has 0 spiro atoms. The van der Waals surface area contributed by atoms with Crippen LogP contribution in [0.2, 0.25) is 0 Å². The van der Waals surface area contributed by atoms with Gasteiger partial charge < -0.3 is 14.8 Å². The minimum absolute atomic E-state index is 0.0762. The fraction of sp³-hybridized carbons (Fsp3) is 0.600. The van der Waals surface area contributed by atoms with Crippen molar-refractivity contribution in [1.29, 1.82) is 0 Å². The maximum atomic E-state index is 12.3. The number of benzene rings is 1. The van der Waals surface area contributed by atoms with Crippen molar-refractivity contribution in [3.8, 4) is 5.75 Å². The van der Waals surface area contributed by atoms with Gasteiger partial charge in [0.2, 0.25) is 0 Å². The van der Waals surface area contributed by atoms with Crippen LogP contribution in [0.1, 0.15) is 24.4 Å². The fourth-order valence-electron chi connectivity index (χ4n) is 2.44. The maximum absolute atomic E-state index is 12.3. The molecule has 112 valence electrons. The summed E-state index contributed by atoms with van der Waals surface area (Å²) in [4.78, 5) is 0. The van der Waals surface area contributed by atoms with Crippen molar-refractivity contribution < 1.29 is 13.7 Å². The Labute approximate surface area is 123 Å². The SMILES string of the molecule is CNC(CS(=O)CC1CCCO1)c1cccc(OC)c1. The van der Waals surface area contributed by atoms with E-state index in [0.29, 0.717) is 11.5 Å². The van der Waals surface area contributed by atoms with Gasteiger partial charge in [-0.1, -0.05) is 12.1 Å². The Bertz CT molecular complexity index is 446. The van der Waals surface area contributed by atoms with E-state index in [1.807, 2.05) is 31.3 Å². The van der Waals surface area contributed by atoms with Crippen LogP contribution in [0.15, 0.2) is 24.3 Å². The van der Waals surface area contributed by atoms with Crippen LogP contribution in [0.4, 0.5) is 0 Å². The molecule has 3 atom stereocenters. The molecule has 4 nitrogen and oxygen atoms in total. The lowest BCUT2D eigenvalue weighted by molar-refractivity contribution is 0.128. The number of hydrogen-bond acceptors (Lipinski definition) is 4. The second-order valence-electron chi connectivity index (χ2n) is 5.03. The molecule has 0 aromatic heterocycles. The number of nitrogens with one attached hydrogen (secondary N) is 1. The average molecular weight is 297 g/mol. The first kappa shape index (κ1) is 15.5. The van der Waals surface area contributed by atoms with Crippen molar-refractivity contribution in [1.82, 2.24) is 5.32 Å². The average Bonchev–Trinajstić information content (AvgIpc) is 2.97. The summed E-state index contributed by atoms with van der Waals surface area (Å²) >= 11 is 0. The van der Waals surface area contributed by atoms with Gasteiger partial charge in [0, 0.05) is 35.0 Å². The molecule has 0 radical (unpaired) electrons. The first-order valence-electron chi connectivity index (χ1n) is 7.00. The van der Waals surface area contributed by atoms with E-state index < -0.39 is 10.8 Å². The highest BCUT2D eigenvalue weighted by molar-refractivity contribution is 7.85. The molecule has 1 aliphatic rings. The molecule has 0 aliphatic carbocycles. The number of ether oxygens (including phenoxy) is 2. The van der Waals surface area contributed by atoms with Crippen LogP contribution in [0.25, 0.3) is 0 Å². The zero-order chi connectivity index (χ0) is 14.4. The quantitative estimate of drug-likeness (QED) is 0.835. The lowest BCUT2D eigenvalue weighted by Gasteiger charge is -2.18. The third-order valence-corrected chi connectivity index (χ3v) is 5.04. The van der Waals surface area contributed by atoms with Crippen molar-refractivity contribution in [3.05, 3.63) is 29.8 Å². The van der Waals surface area contributed by atoms with Gasteiger partial charge >= 0.3 is 0 Å². The molecule has 1 aromatic carbocycles. The van der Waals surface area contributed by atoms with Crippen LogP contribution in [-0.4, -0.2) is 42.6 Å². The normalized spacial score (nSPS) is 21.6.